The molecule has 0 amide bonds. The summed E-state index contributed by atoms with van der Waals surface area (Å²) in [4.78, 5) is 0. The van der Waals surface area contributed by atoms with Crippen LogP contribution in [-0.2, 0) is 0 Å². The molecule has 0 aromatic carbocycles. The molecule has 1 aliphatic heterocycles. The molecule has 3 heteroatoms. The summed E-state index contributed by atoms with van der Waals surface area (Å²) in [7, 11) is 0. The molecular formula is C10H21NS2. The molecule has 0 bridgehead atoms. The van der Waals surface area contributed by atoms with E-state index in [0.717, 1.165) is 17.3 Å². The minimum Gasteiger partial charge on any atom is -0.310 e. The molecule has 3 atom stereocenters. The minimum atomic E-state index is 0.728. The van der Waals surface area contributed by atoms with Crippen LogP contribution in [0.1, 0.15) is 26.7 Å². The molecule has 1 fully saturated rings. The topological polar surface area (TPSA) is 12.0 Å². The van der Waals surface area contributed by atoms with Gasteiger partial charge in [0.1, 0.15) is 0 Å². The van der Waals surface area contributed by atoms with Crippen molar-refractivity contribution >= 4 is 23.5 Å². The van der Waals surface area contributed by atoms with Crippen molar-refractivity contribution in [1.82, 2.24) is 5.32 Å². The molecule has 78 valence electrons. The zero-order chi connectivity index (χ0) is 9.68. The summed E-state index contributed by atoms with van der Waals surface area (Å²) in [5, 5.41) is 4.62. The van der Waals surface area contributed by atoms with Crippen molar-refractivity contribution in [3.05, 3.63) is 0 Å². The smallest absolute Gasteiger partial charge is 0.0171 e. The molecule has 0 aliphatic carbocycles. The Kier molecular flexibility index (Phi) is 5.60. The Morgan fingerprint density at radius 3 is 2.85 bits per heavy atom. The Bertz CT molecular complexity index is 139. The summed E-state index contributed by atoms with van der Waals surface area (Å²) < 4.78 is 0. The lowest BCUT2D eigenvalue weighted by atomic mass is 10.1. The average Bonchev–Trinajstić information content (AvgIpc) is 2.50. The van der Waals surface area contributed by atoms with Crippen LogP contribution in [0.4, 0.5) is 0 Å². The SMILES string of the molecule is CCC(CSC)NC1CSC(C)C1. The van der Waals surface area contributed by atoms with Gasteiger partial charge in [-0.05, 0) is 19.1 Å². The van der Waals surface area contributed by atoms with Gasteiger partial charge in [-0.2, -0.15) is 23.5 Å². The van der Waals surface area contributed by atoms with Gasteiger partial charge in [0.15, 0.2) is 0 Å². The van der Waals surface area contributed by atoms with Crippen LogP contribution in [0.3, 0.4) is 0 Å². The van der Waals surface area contributed by atoms with Gasteiger partial charge in [-0.25, -0.2) is 0 Å². The van der Waals surface area contributed by atoms with Gasteiger partial charge in [0.25, 0.3) is 0 Å². The maximum atomic E-state index is 3.76. The fraction of sp³-hybridized carbons (Fsp3) is 1.00. The Labute approximate surface area is 90.8 Å². The third kappa shape index (κ3) is 4.13. The average molecular weight is 219 g/mol. The molecule has 3 unspecified atom stereocenters. The molecule has 13 heavy (non-hydrogen) atoms. The monoisotopic (exact) mass is 219 g/mol. The van der Waals surface area contributed by atoms with Gasteiger partial charge in [-0.3, -0.25) is 0 Å². The number of hydrogen-bond acceptors (Lipinski definition) is 3. The van der Waals surface area contributed by atoms with Crippen LogP contribution in [-0.4, -0.2) is 35.1 Å². The van der Waals surface area contributed by atoms with Crippen molar-refractivity contribution in [3.8, 4) is 0 Å². The summed E-state index contributed by atoms with van der Waals surface area (Å²) in [6, 6.07) is 1.50. The second kappa shape index (κ2) is 6.20. The van der Waals surface area contributed by atoms with Crippen molar-refractivity contribution in [1.29, 1.82) is 0 Å². The summed E-state index contributed by atoms with van der Waals surface area (Å²) in [5.41, 5.74) is 0. The molecule has 1 saturated heterocycles. The molecule has 0 spiro atoms. The van der Waals surface area contributed by atoms with Crippen molar-refractivity contribution in [2.24, 2.45) is 0 Å². The van der Waals surface area contributed by atoms with E-state index in [-0.39, 0.29) is 0 Å². The Morgan fingerprint density at radius 1 is 1.62 bits per heavy atom. The molecule has 1 aliphatic rings. The number of thioether (sulfide) groups is 2. The molecule has 1 rings (SSSR count). The molecule has 0 saturated carbocycles. The van der Waals surface area contributed by atoms with Gasteiger partial charge in [-0.15, -0.1) is 0 Å². The molecule has 1 heterocycles. The maximum absolute atomic E-state index is 3.76. The van der Waals surface area contributed by atoms with E-state index in [9.17, 15) is 0 Å². The van der Waals surface area contributed by atoms with Crippen molar-refractivity contribution in [2.45, 2.75) is 44.0 Å². The quantitative estimate of drug-likeness (QED) is 0.763. The molecule has 0 aromatic rings. The zero-order valence-electron chi connectivity index (χ0n) is 8.88. The van der Waals surface area contributed by atoms with E-state index in [2.05, 4.69) is 37.2 Å². The van der Waals surface area contributed by atoms with Crippen LogP contribution >= 0.6 is 23.5 Å². The standard InChI is InChI=1S/C10H21NS2/c1-4-9(6-12-3)11-10-5-8(2)13-7-10/h8-11H,4-7H2,1-3H3. The van der Waals surface area contributed by atoms with E-state index in [1.165, 1.54) is 24.3 Å². The Hall–Kier alpha value is 0.660. The van der Waals surface area contributed by atoms with Crippen LogP contribution in [0, 0.1) is 0 Å². The predicted octanol–water partition coefficient (Wildman–Crippen LogP) is 2.61. The summed E-state index contributed by atoms with van der Waals surface area (Å²) >= 11 is 4.06. The second-order valence-electron chi connectivity index (χ2n) is 3.80. The summed E-state index contributed by atoms with van der Waals surface area (Å²) in [5.74, 6) is 2.57. The van der Waals surface area contributed by atoms with E-state index >= 15 is 0 Å². The zero-order valence-corrected chi connectivity index (χ0v) is 10.5. The number of nitrogens with one attached hydrogen (secondary N) is 1. The Morgan fingerprint density at radius 2 is 2.38 bits per heavy atom. The number of rotatable bonds is 5. The predicted molar refractivity (Wildman–Crippen MR) is 65.9 cm³/mol. The van der Waals surface area contributed by atoms with Gasteiger partial charge >= 0.3 is 0 Å². The first-order valence-corrected chi connectivity index (χ1v) is 7.57. The summed E-state index contributed by atoms with van der Waals surface area (Å²) in [6.45, 7) is 4.61. The van der Waals surface area contributed by atoms with Crippen LogP contribution < -0.4 is 5.32 Å². The highest BCUT2D eigenvalue weighted by atomic mass is 32.2. The Balaban J connectivity index is 2.21. The molecular weight excluding hydrogens is 198 g/mol. The van der Waals surface area contributed by atoms with Gasteiger partial charge < -0.3 is 5.32 Å². The third-order valence-corrected chi connectivity index (χ3v) is 4.62. The van der Waals surface area contributed by atoms with Crippen molar-refractivity contribution < 1.29 is 0 Å². The lowest BCUT2D eigenvalue weighted by molar-refractivity contribution is 0.458. The largest absolute Gasteiger partial charge is 0.310 e. The lowest BCUT2D eigenvalue weighted by Crippen LogP contribution is -2.39. The first kappa shape index (κ1) is 11.7. The van der Waals surface area contributed by atoms with E-state index in [0.29, 0.717) is 0 Å². The molecule has 1 N–H and O–H groups in total. The van der Waals surface area contributed by atoms with Gasteiger partial charge in [0, 0.05) is 28.8 Å². The van der Waals surface area contributed by atoms with Gasteiger partial charge in [-0.1, -0.05) is 13.8 Å². The normalized spacial score (nSPS) is 30.7. The van der Waals surface area contributed by atoms with Crippen LogP contribution in [0.2, 0.25) is 0 Å². The van der Waals surface area contributed by atoms with Gasteiger partial charge in [0.2, 0.25) is 0 Å². The second-order valence-corrected chi connectivity index (χ2v) is 6.19. The first-order chi connectivity index (χ1) is 6.26. The third-order valence-electron chi connectivity index (χ3n) is 2.53. The van der Waals surface area contributed by atoms with Crippen LogP contribution in [0.15, 0.2) is 0 Å². The first-order valence-electron chi connectivity index (χ1n) is 5.12. The van der Waals surface area contributed by atoms with Crippen molar-refractivity contribution in [2.75, 3.05) is 17.8 Å². The van der Waals surface area contributed by atoms with Crippen LogP contribution in [0.25, 0.3) is 0 Å². The summed E-state index contributed by atoms with van der Waals surface area (Å²) in [6.07, 6.45) is 4.81. The fourth-order valence-electron chi connectivity index (χ4n) is 1.75. The minimum absolute atomic E-state index is 0.728. The van der Waals surface area contributed by atoms with E-state index in [4.69, 9.17) is 0 Å². The van der Waals surface area contributed by atoms with E-state index in [1.807, 2.05) is 11.8 Å². The van der Waals surface area contributed by atoms with E-state index < -0.39 is 0 Å². The highest BCUT2D eigenvalue weighted by Crippen LogP contribution is 2.26. The van der Waals surface area contributed by atoms with Crippen LogP contribution in [0.5, 0.6) is 0 Å². The molecule has 1 nitrogen and oxygen atoms in total. The fourth-order valence-corrected chi connectivity index (χ4v) is 3.65. The highest BCUT2D eigenvalue weighted by Gasteiger charge is 2.23. The van der Waals surface area contributed by atoms with Crippen molar-refractivity contribution in [3.63, 3.8) is 0 Å². The number of hydrogen-bond donors (Lipinski definition) is 1. The molecule has 0 radical (unpaired) electrons. The highest BCUT2D eigenvalue weighted by molar-refractivity contribution is 8.00. The van der Waals surface area contributed by atoms with Gasteiger partial charge in [0.05, 0.1) is 0 Å². The maximum Gasteiger partial charge on any atom is 0.0171 e. The van der Waals surface area contributed by atoms with E-state index in [1.54, 1.807) is 0 Å². The molecule has 0 aromatic heterocycles. The lowest BCUT2D eigenvalue weighted by Gasteiger charge is -2.20.